The second kappa shape index (κ2) is 7.88. The Kier molecular flexibility index (Phi) is 4.82. The van der Waals surface area contributed by atoms with Crippen LogP contribution in [0.3, 0.4) is 0 Å². The van der Waals surface area contributed by atoms with Crippen molar-refractivity contribution in [1.82, 2.24) is 15.3 Å². The summed E-state index contributed by atoms with van der Waals surface area (Å²) >= 11 is 0. The predicted octanol–water partition coefficient (Wildman–Crippen LogP) is 3.91. The first-order chi connectivity index (χ1) is 17.4. The van der Waals surface area contributed by atoms with Gasteiger partial charge in [-0.3, -0.25) is 5.32 Å². The van der Waals surface area contributed by atoms with Crippen molar-refractivity contribution < 1.29 is 15.0 Å². The average Bonchev–Trinajstić information content (AvgIpc) is 3.11. The molecule has 0 radical (unpaired) electrons. The van der Waals surface area contributed by atoms with Crippen molar-refractivity contribution in [2.75, 3.05) is 10.6 Å². The molecule has 1 heterocycles. The van der Waals surface area contributed by atoms with E-state index in [-0.39, 0.29) is 23.6 Å². The van der Waals surface area contributed by atoms with Gasteiger partial charge in [0.1, 0.15) is 0 Å². The molecule has 1 aromatic heterocycles. The van der Waals surface area contributed by atoms with Gasteiger partial charge in [-0.25, -0.2) is 14.8 Å². The largest absolute Gasteiger partial charge is 0.390 e. The van der Waals surface area contributed by atoms with Crippen LogP contribution in [0.1, 0.15) is 55.7 Å². The van der Waals surface area contributed by atoms with Crippen LogP contribution < -0.4 is 16.0 Å². The van der Waals surface area contributed by atoms with Crippen molar-refractivity contribution in [3.05, 3.63) is 59.8 Å². The number of hydrogen-bond donors (Lipinski definition) is 5. The maximum atomic E-state index is 13.0. The Morgan fingerprint density at radius 2 is 1.86 bits per heavy atom. The summed E-state index contributed by atoms with van der Waals surface area (Å²) in [6.07, 6.45) is 7.23. The standard InChI is InChI=1S/C28H31N5O3/c34-23-8-18-3-1-2-4-21(18)24(23)30-20-6-5-19-14-29-25(31-22(19)9-20)32-26(35)33-27-10-16-7-17(11-27)13-28(36,12-16)15-27/h1-6,9,14,16-17,23-24,30,34,36H,7-8,10-13,15H2,(H2,29,31,32,33,35)/t16?,17?,23-,24-,27?,28?/m1/s1. The number of anilines is 2. The molecule has 8 rings (SSSR count). The van der Waals surface area contributed by atoms with Gasteiger partial charge in [-0.1, -0.05) is 24.3 Å². The number of carbonyl (C=O) groups excluding carboxylic acids is 1. The van der Waals surface area contributed by atoms with E-state index in [4.69, 9.17) is 0 Å². The lowest BCUT2D eigenvalue weighted by Gasteiger charge is -2.60. The summed E-state index contributed by atoms with van der Waals surface area (Å²) in [6, 6.07) is 13.4. The van der Waals surface area contributed by atoms with E-state index in [1.165, 1.54) is 6.42 Å². The van der Waals surface area contributed by atoms with E-state index in [9.17, 15) is 15.0 Å². The highest BCUT2D eigenvalue weighted by atomic mass is 16.3. The van der Waals surface area contributed by atoms with Gasteiger partial charge in [0.05, 0.1) is 23.3 Å². The van der Waals surface area contributed by atoms with Gasteiger partial charge in [-0.05, 0) is 79.7 Å². The Hall–Kier alpha value is -3.23. The summed E-state index contributed by atoms with van der Waals surface area (Å²) in [5, 5.41) is 31.9. The third-order valence-electron chi connectivity index (χ3n) is 8.74. The number of aliphatic hydroxyl groups is 2. The zero-order valence-electron chi connectivity index (χ0n) is 20.1. The minimum absolute atomic E-state index is 0.182. The molecule has 5 aliphatic rings. The molecule has 4 atom stereocenters. The third kappa shape index (κ3) is 3.79. The van der Waals surface area contributed by atoms with Crippen molar-refractivity contribution in [3.63, 3.8) is 0 Å². The molecule has 4 bridgehead atoms. The second-order valence-electron chi connectivity index (χ2n) is 11.6. The van der Waals surface area contributed by atoms with Crippen LogP contribution in [0.4, 0.5) is 16.4 Å². The van der Waals surface area contributed by atoms with Crippen LogP contribution in [0.2, 0.25) is 0 Å². The molecular weight excluding hydrogens is 454 g/mol. The molecule has 2 unspecified atom stereocenters. The number of fused-ring (bicyclic) bond motifs is 2. The average molecular weight is 486 g/mol. The first-order valence-corrected chi connectivity index (χ1v) is 13.0. The SMILES string of the molecule is O=C(Nc1ncc2ccc(N[C@@H]3c4ccccc4C[C@H]3O)cc2n1)NC12CC3CC(CC(O)(C3)C1)C2. The summed E-state index contributed by atoms with van der Waals surface area (Å²) in [4.78, 5) is 21.9. The molecule has 0 saturated heterocycles. The Morgan fingerprint density at radius 3 is 2.67 bits per heavy atom. The highest BCUT2D eigenvalue weighted by Gasteiger charge is 2.57. The zero-order chi connectivity index (χ0) is 24.5. The third-order valence-corrected chi connectivity index (χ3v) is 8.74. The first-order valence-electron chi connectivity index (χ1n) is 13.0. The molecule has 5 N–H and O–H groups in total. The van der Waals surface area contributed by atoms with Gasteiger partial charge in [0.15, 0.2) is 0 Å². The van der Waals surface area contributed by atoms with E-state index in [2.05, 4.69) is 38.1 Å². The molecule has 2 amide bonds. The minimum atomic E-state index is -0.631. The first kappa shape index (κ1) is 22.0. The number of aliphatic hydroxyl groups excluding tert-OH is 1. The van der Waals surface area contributed by atoms with Crippen LogP contribution in [-0.2, 0) is 6.42 Å². The van der Waals surface area contributed by atoms with Crippen molar-refractivity contribution in [1.29, 1.82) is 0 Å². The fourth-order valence-electron chi connectivity index (χ4n) is 7.83. The lowest BCUT2D eigenvalue weighted by atomic mass is 9.51. The van der Waals surface area contributed by atoms with Gasteiger partial charge in [0, 0.05) is 29.2 Å². The van der Waals surface area contributed by atoms with Gasteiger partial charge >= 0.3 is 6.03 Å². The number of urea groups is 1. The van der Waals surface area contributed by atoms with E-state index < -0.39 is 11.7 Å². The monoisotopic (exact) mass is 485 g/mol. The fourth-order valence-corrected chi connectivity index (χ4v) is 7.83. The van der Waals surface area contributed by atoms with Gasteiger partial charge in [0.2, 0.25) is 5.95 Å². The maximum absolute atomic E-state index is 13.0. The maximum Gasteiger partial charge on any atom is 0.322 e. The zero-order valence-corrected chi connectivity index (χ0v) is 20.1. The van der Waals surface area contributed by atoms with Crippen LogP contribution >= 0.6 is 0 Å². The molecule has 8 nitrogen and oxygen atoms in total. The van der Waals surface area contributed by atoms with E-state index in [0.717, 1.165) is 47.9 Å². The Morgan fingerprint density at radius 1 is 1.06 bits per heavy atom. The van der Waals surface area contributed by atoms with Crippen LogP contribution in [0.5, 0.6) is 0 Å². The minimum Gasteiger partial charge on any atom is -0.390 e. The number of aromatic nitrogens is 2. The number of rotatable bonds is 4. The van der Waals surface area contributed by atoms with E-state index in [0.29, 0.717) is 30.2 Å². The van der Waals surface area contributed by atoms with E-state index in [1.54, 1.807) is 6.20 Å². The van der Waals surface area contributed by atoms with Crippen LogP contribution in [0, 0.1) is 11.8 Å². The van der Waals surface area contributed by atoms with E-state index >= 15 is 0 Å². The molecular formula is C28H31N5O3. The number of hydrogen-bond acceptors (Lipinski definition) is 6. The Bertz CT molecular complexity index is 1350. The smallest absolute Gasteiger partial charge is 0.322 e. The summed E-state index contributed by atoms with van der Waals surface area (Å²) in [5.41, 5.74) is 2.85. The van der Waals surface area contributed by atoms with Crippen LogP contribution in [-0.4, -0.2) is 43.5 Å². The summed E-state index contributed by atoms with van der Waals surface area (Å²) in [7, 11) is 0. The summed E-state index contributed by atoms with van der Waals surface area (Å²) < 4.78 is 0. The summed E-state index contributed by atoms with van der Waals surface area (Å²) in [5.74, 6) is 1.22. The van der Waals surface area contributed by atoms with E-state index in [1.807, 2.05) is 30.3 Å². The highest BCUT2D eigenvalue weighted by molar-refractivity contribution is 5.90. The van der Waals surface area contributed by atoms with Gasteiger partial charge < -0.3 is 20.8 Å². The lowest BCUT2D eigenvalue weighted by molar-refractivity contribution is -0.138. The molecule has 8 heteroatoms. The van der Waals surface area contributed by atoms with Crippen LogP contribution in [0.25, 0.3) is 10.9 Å². The van der Waals surface area contributed by atoms with Crippen LogP contribution in [0.15, 0.2) is 48.7 Å². The Labute approximate surface area is 209 Å². The molecule has 0 spiro atoms. The molecule has 2 aromatic carbocycles. The predicted molar refractivity (Wildman–Crippen MR) is 137 cm³/mol. The number of nitrogens with one attached hydrogen (secondary N) is 3. The molecule has 0 aliphatic heterocycles. The van der Waals surface area contributed by atoms with Gasteiger partial charge in [-0.2, -0.15) is 0 Å². The van der Waals surface area contributed by atoms with Crippen molar-refractivity contribution in [2.24, 2.45) is 11.8 Å². The van der Waals surface area contributed by atoms with Crippen molar-refractivity contribution >= 4 is 28.6 Å². The normalized spacial score (nSPS) is 33.9. The highest BCUT2D eigenvalue weighted by Crippen LogP contribution is 2.57. The van der Waals surface area contributed by atoms with Crippen molar-refractivity contribution in [3.8, 4) is 0 Å². The van der Waals surface area contributed by atoms with Gasteiger partial charge in [-0.15, -0.1) is 0 Å². The quantitative estimate of drug-likeness (QED) is 0.382. The fraction of sp³-hybridized carbons (Fsp3) is 0.464. The summed E-state index contributed by atoms with van der Waals surface area (Å²) in [6.45, 7) is 0. The lowest BCUT2D eigenvalue weighted by Crippen LogP contribution is -2.65. The topological polar surface area (TPSA) is 119 Å². The van der Waals surface area contributed by atoms with Gasteiger partial charge in [0.25, 0.3) is 0 Å². The molecule has 4 fully saturated rings. The molecule has 5 aliphatic carbocycles. The molecule has 186 valence electrons. The molecule has 3 aromatic rings. The Balaban J connectivity index is 1.08. The second-order valence-corrected chi connectivity index (χ2v) is 11.6. The van der Waals surface area contributed by atoms with Crippen molar-refractivity contribution in [2.45, 2.75) is 68.2 Å². The molecule has 4 saturated carbocycles. The number of benzene rings is 2. The number of carbonyl (C=O) groups is 1. The number of amides is 2. The molecule has 36 heavy (non-hydrogen) atoms. The number of nitrogens with zero attached hydrogens (tertiary/aromatic N) is 2.